The molecule has 1 aliphatic rings. The first-order valence-corrected chi connectivity index (χ1v) is 16.7. The highest BCUT2D eigenvalue weighted by molar-refractivity contribution is 5.90. The molecule has 0 atom stereocenters. The second-order valence-corrected chi connectivity index (χ2v) is 12.2. The average Bonchev–Trinajstić information content (AvgIpc) is 3.01. The number of benzene rings is 2. The number of carbonyl (C=O) groups excluding carboxylic acids is 1. The van der Waals surface area contributed by atoms with Crippen molar-refractivity contribution in [2.45, 2.75) is 136 Å². The maximum Gasteiger partial charge on any atom is 0.338 e. The molecule has 230 valence electrons. The Morgan fingerprint density at radius 2 is 1.45 bits per heavy atom. The van der Waals surface area contributed by atoms with Crippen molar-refractivity contribution in [3.8, 4) is 22.9 Å². The van der Waals surface area contributed by atoms with Crippen molar-refractivity contribution in [1.29, 1.82) is 5.26 Å². The van der Waals surface area contributed by atoms with Crippen molar-refractivity contribution in [3.63, 3.8) is 0 Å². The highest BCUT2D eigenvalue weighted by Crippen LogP contribution is 2.41. The fourth-order valence-electron chi connectivity index (χ4n) is 6.00. The van der Waals surface area contributed by atoms with E-state index in [1.165, 1.54) is 76.7 Å². The van der Waals surface area contributed by atoms with Gasteiger partial charge in [-0.1, -0.05) is 109 Å². The standard InChI is InChI=1S/C37H52FNO3/c1-3-5-7-9-10-11-13-15-27-41-32-19-16-30(17-20-32)34-21-18-31(28-35(34)38)36(40)42-33-22-25-37(29-39,26-23-33)24-14-12-8-6-4-2/h16-21,28,33H,3-15,22-27H2,1-2H3. The Labute approximate surface area is 254 Å². The molecule has 0 amide bonds. The Morgan fingerprint density at radius 1 is 0.857 bits per heavy atom. The summed E-state index contributed by atoms with van der Waals surface area (Å²) in [6.45, 7) is 5.14. The van der Waals surface area contributed by atoms with Crippen LogP contribution >= 0.6 is 0 Å². The van der Waals surface area contributed by atoms with Crippen LogP contribution in [-0.4, -0.2) is 18.7 Å². The van der Waals surface area contributed by atoms with Crippen molar-refractivity contribution < 1.29 is 18.7 Å². The van der Waals surface area contributed by atoms with E-state index in [0.717, 1.165) is 43.4 Å². The van der Waals surface area contributed by atoms with Gasteiger partial charge in [0.15, 0.2) is 0 Å². The lowest BCUT2D eigenvalue weighted by atomic mass is 9.71. The summed E-state index contributed by atoms with van der Waals surface area (Å²) in [7, 11) is 0. The lowest BCUT2D eigenvalue weighted by Gasteiger charge is -2.34. The lowest BCUT2D eigenvalue weighted by Crippen LogP contribution is -2.31. The van der Waals surface area contributed by atoms with Crippen molar-refractivity contribution in [2.75, 3.05) is 6.61 Å². The number of hydrogen-bond donors (Lipinski definition) is 0. The first kappa shape index (κ1) is 33.6. The first-order chi connectivity index (χ1) is 20.5. The van der Waals surface area contributed by atoms with Gasteiger partial charge in [-0.25, -0.2) is 9.18 Å². The second-order valence-electron chi connectivity index (χ2n) is 12.2. The van der Waals surface area contributed by atoms with Crippen LogP contribution < -0.4 is 4.74 Å². The Morgan fingerprint density at radius 3 is 2.05 bits per heavy atom. The van der Waals surface area contributed by atoms with Crippen LogP contribution in [0.15, 0.2) is 42.5 Å². The number of carbonyl (C=O) groups is 1. The third-order valence-electron chi connectivity index (χ3n) is 8.80. The smallest absolute Gasteiger partial charge is 0.338 e. The number of halogens is 1. The minimum Gasteiger partial charge on any atom is -0.494 e. The molecule has 1 saturated carbocycles. The van der Waals surface area contributed by atoms with E-state index in [9.17, 15) is 10.1 Å². The van der Waals surface area contributed by atoms with Crippen LogP contribution in [0.1, 0.15) is 140 Å². The monoisotopic (exact) mass is 577 g/mol. The molecule has 0 bridgehead atoms. The number of rotatable bonds is 19. The van der Waals surface area contributed by atoms with Gasteiger partial charge in [-0.2, -0.15) is 5.26 Å². The Hall–Kier alpha value is -2.87. The van der Waals surface area contributed by atoms with Gasteiger partial charge in [-0.05, 0) is 68.4 Å². The maximum absolute atomic E-state index is 15.1. The number of unbranched alkanes of at least 4 members (excludes halogenated alkanes) is 11. The zero-order valence-electron chi connectivity index (χ0n) is 26.1. The number of ether oxygens (including phenoxy) is 2. The van der Waals surface area contributed by atoms with Gasteiger partial charge in [0.1, 0.15) is 17.7 Å². The fraction of sp³-hybridized carbons (Fsp3) is 0.622. The molecule has 2 aromatic rings. The Bertz CT molecular complexity index is 1100. The molecule has 4 nitrogen and oxygen atoms in total. The summed E-state index contributed by atoms with van der Waals surface area (Å²) in [5.74, 6) is -0.168. The van der Waals surface area contributed by atoms with Gasteiger partial charge in [0.25, 0.3) is 0 Å². The molecule has 42 heavy (non-hydrogen) atoms. The number of esters is 1. The Balaban J connectivity index is 1.42. The molecule has 0 spiro atoms. The fourth-order valence-corrected chi connectivity index (χ4v) is 6.00. The van der Waals surface area contributed by atoms with E-state index in [-0.39, 0.29) is 17.1 Å². The minimum absolute atomic E-state index is 0.217. The largest absolute Gasteiger partial charge is 0.494 e. The zero-order chi connectivity index (χ0) is 30.0. The molecule has 0 radical (unpaired) electrons. The van der Waals surface area contributed by atoms with Crippen molar-refractivity contribution in [3.05, 3.63) is 53.8 Å². The van der Waals surface area contributed by atoms with Crippen molar-refractivity contribution in [2.24, 2.45) is 5.41 Å². The van der Waals surface area contributed by atoms with E-state index in [1.807, 2.05) is 24.3 Å². The number of hydrogen-bond acceptors (Lipinski definition) is 4. The normalized spacial score (nSPS) is 18.4. The van der Waals surface area contributed by atoms with Crippen LogP contribution in [0.5, 0.6) is 5.75 Å². The molecule has 0 N–H and O–H groups in total. The van der Waals surface area contributed by atoms with Crippen LogP contribution in [0.25, 0.3) is 11.1 Å². The van der Waals surface area contributed by atoms with Gasteiger partial charge in [-0.3, -0.25) is 0 Å². The summed E-state index contributed by atoms with van der Waals surface area (Å²) in [5, 5.41) is 9.84. The highest BCUT2D eigenvalue weighted by Gasteiger charge is 2.36. The summed E-state index contributed by atoms with van der Waals surface area (Å²) in [4.78, 5) is 12.8. The molecule has 5 heteroatoms. The number of nitriles is 1. The van der Waals surface area contributed by atoms with E-state index in [4.69, 9.17) is 9.47 Å². The summed E-state index contributed by atoms with van der Waals surface area (Å²) in [6.07, 6.45) is 19.6. The molecule has 0 saturated heterocycles. The molecular formula is C37H52FNO3. The third kappa shape index (κ3) is 11.1. The molecule has 0 aromatic heterocycles. The Kier molecular flexibility index (Phi) is 14.9. The predicted molar refractivity (Wildman–Crippen MR) is 169 cm³/mol. The molecule has 0 unspecified atom stereocenters. The molecule has 0 heterocycles. The predicted octanol–water partition coefficient (Wildman–Crippen LogP) is 11.0. The van der Waals surface area contributed by atoms with E-state index < -0.39 is 11.8 Å². The molecule has 3 rings (SSSR count). The summed E-state index contributed by atoms with van der Waals surface area (Å²) < 4.78 is 26.7. The van der Waals surface area contributed by atoms with E-state index >= 15 is 4.39 Å². The summed E-state index contributed by atoms with van der Waals surface area (Å²) >= 11 is 0. The highest BCUT2D eigenvalue weighted by atomic mass is 19.1. The summed E-state index contributed by atoms with van der Waals surface area (Å²) in [5.41, 5.74) is 1.10. The quantitative estimate of drug-likeness (QED) is 0.123. The molecule has 0 aliphatic heterocycles. The minimum atomic E-state index is -0.501. The van der Waals surface area contributed by atoms with Crippen LogP contribution in [0.4, 0.5) is 4.39 Å². The van der Waals surface area contributed by atoms with Crippen LogP contribution in [0.2, 0.25) is 0 Å². The third-order valence-corrected chi connectivity index (χ3v) is 8.80. The molecule has 1 fully saturated rings. The molecular weight excluding hydrogens is 525 g/mol. The number of nitrogens with zero attached hydrogens (tertiary/aromatic N) is 1. The van der Waals surface area contributed by atoms with Crippen molar-refractivity contribution in [1.82, 2.24) is 0 Å². The van der Waals surface area contributed by atoms with Gasteiger partial charge >= 0.3 is 5.97 Å². The lowest BCUT2D eigenvalue weighted by molar-refractivity contribution is 0.0104. The van der Waals surface area contributed by atoms with Gasteiger partial charge in [0.2, 0.25) is 0 Å². The van der Waals surface area contributed by atoms with Gasteiger partial charge in [0.05, 0.1) is 23.7 Å². The van der Waals surface area contributed by atoms with E-state index in [0.29, 0.717) is 25.0 Å². The second kappa shape index (κ2) is 18.6. The first-order valence-electron chi connectivity index (χ1n) is 16.7. The zero-order valence-corrected chi connectivity index (χ0v) is 26.1. The van der Waals surface area contributed by atoms with E-state index in [1.54, 1.807) is 12.1 Å². The van der Waals surface area contributed by atoms with Gasteiger partial charge < -0.3 is 9.47 Å². The van der Waals surface area contributed by atoms with Crippen LogP contribution in [0.3, 0.4) is 0 Å². The average molecular weight is 578 g/mol. The van der Waals surface area contributed by atoms with Crippen LogP contribution in [-0.2, 0) is 4.74 Å². The van der Waals surface area contributed by atoms with E-state index in [2.05, 4.69) is 19.9 Å². The summed E-state index contributed by atoms with van der Waals surface area (Å²) in [6, 6.07) is 14.6. The topological polar surface area (TPSA) is 59.3 Å². The van der Waals surface area contributed by atoms with Crippen LogP contribution in [0, 0.1) is 22.6 Å². The van der Waals surface area contributed by atoms with Gasteiger partial charge in [-0.15, -0.1) is 0 Å². The molecule has 2 aromatic carbocycles. The maximum atomic E-state index is 15.1. The van der Waals surface area contributed by atoms with Gasteiger partial charge in [0, 0.05) is 5.56 Å². The molecule has 1 aliphatic carbocycles. The SMILES string of the molecule is CCCCCCCCCCOc1ccc(-c2ccc(C(=O)OC3CCC(C#N)(CCCCCCC)CC3)cc2F)cc1. The van der Waals surface area contributed by atoms with Crippen molar-refractivity contribution >= 4 is 5.97 Å².